The van der Waals surface area contributed by atoms with Gasteiger partial charge in [-0.05, 0) is 0 Å². The molecule has 1 aliphatic heterocycles. The van der Waals surface area contributed by atoms with E-state index < -0.39 is 5.69 Å². The van der Waals surface area contributed by atoms with Crippen molar-refractivity contribution in [3.8, 4) is 0 Å². The quantitative estimate of drug-likeness (QED) is 0.350. The van der Waals surface area contributed by atoms with Crippen LogP contribution >= 0.6 is 11.6 Å². The molecule has 0 aromatic carbocycles. The topological polar surface area (TPSA) is 33.6 Å². The highest BCUT2D eigenvalue weighted by Gasteiger charge is 2.02. The molecule has 0 saturated heterocycles. The number of nitrogens with one attached hydrogen (secondary N) is 1. The zero-order valence-corrected chi connectivity index (χ0v) is 3.64. The molecule has 1 unspecified atom stereocenters. The van der Waals surface area contributed by atoms with Crippen LogP contribution in [0.25, 0.3) is 0 Å². The Labute approximate surface area is 39.9 Å². The summed E-state index contributed by atoms with van der Waals surface area (Å²) in [5.41, 5.74) is 1.83. The molecule has 1 rings (SSSR count). The third kappa shape index (κ3) is 0.609. The fraction of sp³-hybridized carbons (Fsp3) is 0.500. The van der Waals surface area contributed by atoms with Crippen molar-refractivity contribution in [2.45, 2.75) is 5.69 Å². The summed E-state index contributed by atoms with van der Waals surface area (Å²) in [5.74, 6) is 0. The van der Waals surface area contributed by atoms with Gasteiger partial charge in [0.25, 0.3) is 5.69 Å². The highest BCUT2D eigenvalue weighted by atomic mass is 35.5. The monoisotopic (exact) mass is 106 g/mol. The van der Waals surface area contributed by atoms with Gasteiger partial charge in [-0.25, -0.2) is 9.83 Å². The summed E-state index contributed by atoms with van der Waals surface area (Å²) in [6.07, 6.45) is 1.40. The van der Waals surface area contributed by atoms with E-state index in [1.165, 1.54) is 6.34 Å². The van der Waals surface area contributed by atoms with Gasteiger partial charge in [0.1, 0.15) is 6.34 Å². The van der Waals surface area contributed by atoms with Crippen molar-refractivity contribution in [3.63, 3.8) is 0 Å². The van der Waals surface area contributed by atoms with Gasteiger partial charge in [0, 0.05) is 0 Å². The van der Waals surface area contributed by atoms with Crippen molar-refractivity contribution < 1.29 is 4.84 Å². The lowest BCUT2D eigenvalue weighted by atomic mass is 11.2. The minimum atomic E-state index is -0.523. The Kier molecular flexibility index (Phi) is 0.939. The van der Waals surface area contributed by atoms with Crippen LogP contribution in [0.15, 0.2) is 4.99 Å². The molecule has 3 nitrogen and oxygen atoms in total. The Morgan fingerprint density at radius 2 is 2.83 bits per heavy atom. The molecule has 1 heterocycles. The number of halogens is 1. The Morgan fingerprint density at radius 1 is 2.00 bits per heavy atom. The molecule has 0 bridgehead atoms. The van der Waals surface area contributed by atoms with E-state index in [0.717, 1.165) is 0 Å². The molecule has 0 aromatic rings. The summed E-state index contributed by atoms with van der Waals surface area (Å²) in [4.78, 5) is 7.99. The molecule has 0 fully saturated rings. The molecule has 6 heavy (non-hydrogen) atoms. The first-order chi connectivity index (χ1) is 2.89. The summed E-state index contributed by atoms with van der Waals surface area (Å²) in [6, 6.07) is 0. The predicted octanol–water partition coefficient (Wildman–Crippen LogP) is 0.0719. The van der Waals surface area contributed by atoms with Gasteiger partial charge in [-0.2, -0.15) is 0 Å². The average molecular weight is 107 g/mol. The average Bonchev–Trinajstić information content (AvgIpc) is 1.86. The summed E-state index contributed by atoms with van der Waals surface area (Å²) < 4.78 is 0. The van der Waals surface area contributed by atoms with Crippen LogP contribution in [-0.2, 0) is 4.84 Å². The largest absolute Gasteiger partial charge is 0.252 e. The molecule has 0 aliphatic carbocycles. The van der Waals surface area contributed by atoms with Crippen LogP contribution < -0.4 is 5.48 Å². The lowest BCUT2D eigenvalue weighted by molar-refractivity contribution is 0.0895. The van der Waals surface area contributed by atoms with Crippen molar-refractivity contribution in [2.24, 2.45) is 4.99 Å². The summed E-state index contributed by atoms with van der Waals surface area (Å²) >= 11 is 5.23. The fourth-order valence-corrected chi connectivity index (χ4v) is 0.314. The van der Waals surface area contributed by atoms with E-state index in [1.807, 2.05) is 0 Å². The number of alkyl halides is 1. The zero-order chi connectivity index (χ0) is 4.41. The molecule has 0 spiro atoms. The Balaban J connectivity index is 2.38. The molecule has 0 radical (unpaired) electrons. The first-order valence-corrected chi connectivity index (χ1v) is 1.90. The first kappa shape index (κ1) is 3.89. The standard InChI is InChI=1S/C2H3ClN2O/c3-2-4-1-5-6-2/h1-2H,(H,4,5). The maximum absolute atomic E-state index is 5.23. The Bertz CT molecular complexity index is 73.9. The van der Waals surface area contributed by atoms with Gasteiger partial charge >= 0.3 is 0 Å². The molecule has 1 aliphatic rings. The Morgan fingerprint density at radius 3 is 3.00 bits per heavy atom. The second-order valence-electron chi connectivity index (χ2n) is 0.806. The van der Waals surface area contributed by atoms with Crippen LogP contribution in [0.3, 0.4) is 0 Å². The molecule has 4 heteroatoms. The number of aliphatic imine (C=N–C) groups is 1. The van der Waals surface area contributed by atoms with Gasteiger partial charge in [0.2, 0.25) is 0 Å². The van der Waals surface area contributed by atoms with Crippen LogP contribution in [0.5, 0.6) is 0 Å². The summed E-state index contributed by atoms with van der Waals surface area (Å²) in [7, 11) is 0. The second kappa shape index (κ2) is 1.45. The van der Waals surface area contributed by atoms with E-state index in [1.54, 1.807) is 0 Å². The van der Waals surface area contributed by atoms with Gasteiger partial charge in [0.15, 0.2) is 0 Å². The zero-order valence-electron chi connectivity index (χ0n) is 2.89. The lowest BCUT2D eigenvalue weighted by Gasteiger charge is -1.89. The van der Waals surface area contributed by atoms with Crippen LogP contribution in [0.2, 0.25) is 0 Å². The Hall–Kier alpha value is -0.280. The van der Waals surface area contributed by atoms with Crippen molar-refractivity contribution in [2.75, 3.05) is 0 Å². The minimum absolute atomic E-state index is 0.523. The first-order valence-electron chi connectivity index (χ1n) is 1.46. The fourth-order valence-electron chi connectivity index (χ4n) is 0.206. The maximum atomic E-state index is 5.23. The highest BCUT2D eigenvalue weighted by Crippen LogP contribution is 1.98. The van der Waals surface area contributed by atoms with Crippen molar-refractivity contribution in [1.29, 1.82) is 0 Å². The van der Waals surface area contributed by atoms with E-state index >= 15 is 0 Å². The molecule has 0 amide bonds. The molecule has 34 valence electrons. The molecule has 0 aromatic heterocycles. The van der Waals surface area contributed by atoms with E-state index in [4.69, 9.17) is 11.6 Å². The summed E-state index contributed by atoms with van der Waals surface area (Å²) in [6.45, 7) is 0. The lowest BCUT2D eigenvalue weighted by Crippen LogP contribution is -2.05. The number of rotatable bonds is 0. The maximum Gasteiger partial charge on any atom is 0.251 e. The van der Waals surface area contributed by atoms with Crippen LogP contribution in [0.1, 0.15) is 0 Å². The van der Waals surface area contributed by atoms with E-state index in [0.29, 0.717) is 0 Å². The van der Waals surface area contributed by atoms with E-state index in [-0.39, 0.29) is 0 Å². The molecular weight excluding hydrogens is 103 g/mol. The number of hydroxylamine groups is 1. The second-order valence-corrected chi connectivity index (χ2v) is 1.18. The smallest absolute Gasteiger partial charge is 0.251 e. The third-order valence-electron chi connectivity index (χ3n) is 0.410. The highest BCUT2D eigenvalue weighted by molar-refractivity contribution is 6.20. The molecule has 1 N–H and O–H groups in total. The van der Waals surface area contributed by atoms with Gasteiger partial charge in [-0.1, -0.05) is 11.6 Å². The van der Waals surface area contributed by atoms with E-state index in [9.17, 15) is 0 Å². The SMILES string of the molecule is ClC1N=CNO1. The van der Waals surface area contributed by atoms with Gasteiger partial charge in [-0.15, -0.1) is 0 Å². The predicted molar refractivity (Wildman–Crippen MR) is 22.4 cm³/mol. The normalized spacial score (nSPS) is 30.5. The van der Waals surface area contributed by atoms with Crippen molar-refractivity contribution >= 4 is 17.9 Å². The minimum Gasteiger partial charge on any atom is -0.252 e. The van der Waals surface area contributed by atoms with Gasteiger partial charge < -0.3 is 0 Å². The molecule has 0 saturated carbocycles. The summed E-state index contributed by atoms with van der Waals surface area (Å²) in [5, 5.41) is 0. The molecule has 1 atom stereocenters. The van der Waals surface area contributed by atoms with Gasteiger partial charge in [0.05, 0.1) is 0 Å². The number of hydrogen-bond acceptors (Lipinski definition) is 3. The van der Waals surface area contributed by atoms with Crippen molar-refractivity contribution in [3.05, 3.63) is 0 Å². The number of nitrogens with zero attached hydrogens (tertiary/aromatic N) is 1. The third-order valence-corrected chi connectivity index (χ3v) is 0.612. The number of hydrogen-bond donors (Lipinski definition) is 1. The van der Waals surface area contributed by atoms with E-state index in [2.05, 4.69) is 15.3 Å². The molecular formula is C2H3ClN2O. The van der Waals surface area contributed by atoms with Crippen LogP contribution in [-0.4, -0.2) is 12.0 Å². The van der Waals surface area contributed by atoms with Crippen LogP contribution in [0.4, 0.5) is 0 Å². The van der Waals surface area contributed by atoms with Crippen LogP contribution in [0, 0.1) is 0 Å². The van der Waals surface area contributed by atoms with Crippen molar-refractivity contribution in [1.82, 2.24) is 5.48 Å². The van der Waals surface area contributed by atoms with Gasteiger partial charge in [-0.3, -0.25) is 5.48 Å².